The molecule has 0 saturated heterocycles. The Balaban J connectivity index is 1.65. The zero-order valence-corrected chi connectivity index (χ0v) is 16.6. The number of nitrogens with one attached hydrogen (secondary N) is 2. The second-order valence-corrected chi connectivity index (χ2v) is 7.70. The first-order chi connectivity index (χ1) is 13.3. The summed E-state index contributed by atoms with van der Waals surface area (Å²) in [5, 5.41) is 6.97. The number of amides is 1. The van der Waals surface area contributed by atoms with Crippen molar-refractivity contribution < 1.29 is 9.53 Å². The molecule has 0 bridgehead atoms. The summed E-state index contributed by atoms with van der Waals surface area (Å²) < 4.78 is 5.24. The highest BCUT2D eigenvalue weighted by atomic mass is 16.5. The van der Waals surface area contributed by atoms with E-state index in [0.29, 0.717) is 5.95 Å². The van der Waals surface area contributed by atoms with Gasteiger partial charge in [-0.3, -0.25) is 4.98 Å². The van der Waals surface area contributed by atoms with Crippen LogP contribution in [0.3, 0.4) is 0 Å². The highest BCUT2D eigenvalue weighted by Gasteiger charge is 2.16. The van der Waals surface area contributed by atoms with E-state index in [0.717, 1.165) is 22.2 Å². The molecule has 1 aromatic carbocycles. The SMILES string of the molecule is CC(COC(=O)NC(C)(C)C)Nc1nccc(-c2cnc3ccccc3c2)n1. The van der Waals surface area contributed by atoms with Gasteiger partial charge in [0.05, 0.1) is 17.3 Å². The van der Waals surface area contributed by atoms with Crippen molar-refractivity contribution >= 4 is 22.9 Å². The van der Waals surface area contributed by atoms with Crippen molar-refractivity contribution in [1.82, 2.24) is 20.3 Å². The first-order valence-electron chi connectivity index (χ1n) is 9.20. The minimum absolute atomic E-state index is 0.143. The van der Waals surface area contributed by atoms with Crippen LogP contribution < -0.4 is 10.6 Å². The van der Waals surface area contributed by atoms with Gasteiger partial charge < -0.3 is 15.4 Å². The Morgan fingerprint density at radius 3 is 2.75 bits per heavy atom. The Morgan fingerprint density at radius 1 is 1.18 bits per heavy atom. The number of hydrogen-bond donors (Lipinski definition) is 2. The topological polar surface area (TPSA) is 89.0 Å². The molecule has 3 aromatic rings. The van der Waals surface area contributed by atoms with E-state index in [2.05, 4.69) is 31.7 Å². The van der Waals surface area contributed by atoms with Gasteiger partial charge in [-0.25, -0.2) is 14.8 Å². The summed E-state index contributed by atoms with van der Waals surface area (Å²) in [4.78, 5) is 25.1. The number of carbonyl (C=O) groups is 1. The fourth-order valence-corrected chi connectivity index (χ4v) is 2.61. The summed E-state index contributed by atoms with van der Waals surface area (Å²) in [5.41, 5.74) is 2.30. The van der Waals surface area contributed by atoms with Gasteiger partial charge in [0.25, 0.3) is 0 Å². The first kappa shape index (κ1) is 19.5. The minimum Gasteiger partial charge on any atom is -0.447 e. The fourth-order valence-electron chi connectivity index (χ4n) is 2.61. The third-order valence-corrected chi connectivity index (χ3v) is 3.86. The number of rotatable bonds is 5. The molecule has 7 nitrogen and oxygen atoms in total. The Hall–Kier alpha value is -3.22. The Kier molecular flexibility index (Phi) is 5.73. The maximum absolute atomic E-state index is 11.8. The molecule has 146 valence electrons. The predicted octanol–water partition coefficient (Wildman–Crippen LogP) is 4.02. The van der Waals surface area contributed by atoms with Crippen LogP contribution in [0.15, 0.2) is 48.8 Å². The molecule has 7 heteroatoms. The number of hydrogen-bond acceptors (Lipinski definition) is 6. The fraction of sp³-hybridized carbons (Fsp3) is 0.333. The monoisotopic (exact) mass is 379 g/mol. The second kappa shape index (κ2) is 8.21. The number of alkyl carbamates (subject to hydrolysis) is 1. The van der Waals surface area contributed by atoms with Crippen molar-refractivity contribution in [3.8, 4) is 11.3 Å². The van der Waals surface area contributed by atoms with Crippen molar-refractivity contribution in [3.63, 3.8) is 0 Å². The number of nitrogens with zero attached hydrogens (tertiary/aromatic N) is 3. The van der Waals surface area contributed by atoms with Gasteiger partial charge in [-0.05, 0) is 45.9 Å². The molecule has 0 spiro atoms. The normalized spacial score (nSPS) is 12.4. The van der Waals surface area contributed by atoms with Crippen LogP contribution in [0.1, 0.15) is 27.7 Å². The molecule has 0 aliphatic heterocycles. The highest BCUT2D eigenvalue weighted by Crippen LogP contribution is 2.21. The summed E-state index contributed by atoms with van der Waals surface area (Å²) in [6.45, 7) is 7.80. The van der Waals surface area contributed by atoms with Gasteiger partial charge in [-0.15, -0.1) is 0 Å². The summed E-state index contributed by atoms with van der Waals surface area (Å²) in [5.74, 6) is 0.470. The van der Waals surface area contributed by atoms with Gasteiger partial charge in [0.2, 0.25) is 5.95 Å². The number of pyridine rings is 1. The van der Waals surface area contributed by atoms with Crippen LogP contribution in [-0.4, -0.2) is 39.2 Å². The van der Waals surface area contributed by atoms with Crippen LogP contribution in [0.5, 0.6) is 0 Å². The average Bonchev–Trinajstić information content (AvgIpc) is 2.65. The van der Waals surface area contributed by atoms with Crippen molar-refractivity contribution in [2.75, 3.05) is 11.9 Å². The molecule has 2 heterocycles. The van der Waals surface area contributed by atoms with Crippen molar-refractivity contribution in [1.29, 1.82) is 0 Å². The number of fused-ring (bicyclic) bond motifs is 1. The molecule has 0 saturated carbocycles. The molecular weight excluding hydrogens is 354 g/mol. The molecule has 2 N–H and O–H groups in total. The van der Waals surface area contributed by atoms with E-state index >= 15 is 0 Å². The molecule has 3 rings (SSSR count). The minimum atomic E-state index is -0.446. The number of anilines is 1. The second-order valence-electron chi connectivity index (χ2n) is 7.70. The van der Waals surface area contributed by atoms with Crippen molar-refractivity contribution in [3.05, 3.63) is 48.8 Å². The maximum atomic E-state index is 11.8. The molecule has 1 unspecified atom stereocenters. The van der Waals surface area contributed by atoms with Crippen molar-refractivity contribution in [2.24, 2.45) is 0 Å². The first-order valence-corrected chi connectivity index (χ1v) is 9.20. The molecule has 0 radical (unpaired) electrons. The van der Waals surface area contributed by atoms with Gasteiger partial charge in [0, 0.05) is 28.9 Å². The molecule has 1 atom stereocenters. The third-order valence-electron chi connectivity index (χ3n) is 3.86. The summed E-state index contributed by atoms with van der Waals surface area (Å²) in [6, 6.07) is 11.7. The quantitative estimate of drug-likeness (QED) is 0.696. The maximum Gasteiger partial charge on any atom is 0.407 e. The Labute approximate surface area is 164 Å². The van der Waals surface area contributed by atoms with Gasteiger partial charge in [0.1, 0.15) is 6.61 Å². The van der Waals surface area contributed by atoms with Crippen molar-refractivity contribution in [2.45, 2.75) is 39.3 Å². The zero-order valence-electron chi connectivity index (χ0n) is 16.6. The molecular formula is C21H25N5O2. The van der Waals surface area contributed by atoms with Gasteiger partial charge >= 0.3 is 6.09 Å². The van der Waals surface area contributed by atoms with E-state index in [1.54, 1.807) is 12.4 Å². The third kappa shape index (κ3) is 5.39. The largest absolute Gasteiger partial charge is 0.447 e. The summed E-state index contributed by atoms with van der Waals surface area (Å²) in [6.07, 6.45) is 3.05. The molecule has 2 aromatic heterocycles. The Bertz CT molecular complexity index is 968. The van der Waals surface area contributed by atoms with E-state index < -0.39 is 6.09 Å². The lowest BCUT2D eigenvalue weighted by Crippen LogP contribution is -2.42. The van der Waals surface area contributed by atoms with Crippen LogP contribution in [0.4, 0.5) is 10.7 Å². The number of para-hydroxylation sites is 1. The molecule has 1 amide bonds. The van der Waals surface area contributed by atoms with Crippen LogP contribution in [0.2, 0.25) is 0 Å². The lowest BCUT2D eigenvalue weighted by molar-refractivity contribution is 0.134. The summed E-state index contributed by atoms with van der Waals surface area (Å²) in [7, 11) is 0. The predicted molar refractivity (Wildman–Crippen MR) is 110 cm³/mol. The molecule has 28 heavy (non-hydrogen) atoms. The van der Waals surface area contributed by atoms with Crippen LogP contribution in [-0.2, 0) is 4.74 Å². The smallest absolute Gasteiger partial charge is 0.407 e. The van der Waals surface area contributed by atoms with Gasteiger partial charge in [-0.1, -0.05) is 18.2 Å². The van der Waals surface area contributed by atoms with Crippen LogP contribution >= 0.6 is 0 Å². The van der Waals surface area contributed by atoms with Gasteiger partial charge in [-0.2, -0.15) is 0 Å². The average molecular weight is 379 g/mol. The highest BCUT2D eigenvalue weighted by molar-refractivity contribution is 5.82. The Morgan fingerprint density at radius 2 is 1.96 bits per heavy atom. The zero-order chi connectivity index (χ0) is 20.1. The molecule has 0 fully saturated rings. The van der Waals surface area contributed by atoms with Gasteiger partial charge in [0.15, 0.2) is 0 Å². The van der Waals surface area contributed by atoms with E-state index in [4.69, 9.17) is 4.74 Å². The molecule has 0 aliphatic rings. The van der Waals surface area contributed by atoms with E-state index in [1.807, 2.05) is 58.0 Å². The lowest BCUT2D eigenvalue weighted by Gasteiger charge is -2.21. The lowest BCUT2D eigenvalue weighted by atomic mass is 10.1. The number of ether oxygens (including phenoxy) is 1. The van der Waals surface area contributed by atoms with Crippen LogP contribution in [0, 0.1) is 0 Å². The number of aromatic nitrogens is 3. The van der Waals surface area contributed by atoms with E-state index in [1.165, 1.54) is 0 Å². The van der Waals surface area contributed by atoms with E-state index in [9.17, 15) is 4.79 Å². The molecule has 0 aliphatic carbocycles. The van der Waals surface area contributed by atoms with E-state index in [-0.39, 0.29) is 18.2 Å². The standard InChI is InChI=1S/C21H25N5O2/c1-14(13-28-20(27)26-21(2,3)4)24-19-22-10-9-18(25-19)16-11-15-7-5-6-8-17(15)23-12-16/h5-12,14H,13H2,1-4H3,(H,26,27)(H,22,24,25). The summed E-state index contributed by atoms with van der Waals surface area (Å²) >= 11 is 0. The van der Waals surface area contributed by atoms with Crippen LogP contribution in [0.25, 0.3) is 22.2 Å². The number of carbonyl (C=O) groups excluding carboxylic acids is 1. The number of benzene rings is 1.